The highest BCUT2D eigenvalue weighted by atomic mass is 35.5. The average molecular weight is 376 g/mol. The molecule has 0 amide bonds. The summed E-state index contributed by atoms with van der Waals surface area (Å²) in [5.74, 6) is 0.452. The van der Waals surface area contributed by atoms with Gasteiger partial charge in [-0.15, -0.1) is 0 Å². The number of halogens is 2. The number of hydrogen-bond donors (Lipinski definition) is 4. The molecule has 1 saturated heterocycles. The van der Waals surface area contributed by atoms with Crippen LogP contribution in [-0.4, -0.2) is 55.8 Å². The topological polar surface area (TPSA) is 99.8 Å². The molecule has 7 nitrogen and oxygen atoms in total. The Bertz CT molecular complexity index is 752. The Morgan fingerprint density at radius 1 is 1.25 bits per heavy atom. The summed E-state index contributed by atoms with van der Waals surface area (Å²) in [5.41, 5.74) is 1.17. The van der Waals surface area contributed by atoms with E-state index in [1.165, 1.54) is 0 Å². The van der Waals surface area contributed by atoms with E-state index in [0.29, 0.717) is 27.0 Å². The lowest BCUT2D eigenvalue weighted by molar-refractivity contribution is -0.0499. The van der Waals surface area contributed by atoms with Crippen LogP contribution in [0.2, 0.25) is 10.0 Å². The van der Waals surface area contributed by atoms with Crippen LogP contribution < -0.4 is 5.32 Å². The van der Waals surface area contributed by atoms with E-state index in [2.05, 4.69) is 10.3 Å². The normalized spacial score (nSPS) is 27.3. The lowest BCUT2D eigenvalue weighted by atomic mass is 10.1. The molecule has 1 fully saturated rings. The first kappa shape index (κ1) is 17.7. The summed E-state index contributed by atoms with van der Waals surface area (Å²) in [7, 11) is 0. The highest BCUT2D eigenvalue weighted by molar-refractivity contribution is 6.42. The summed E-state index contributed by atoms with van der Waals surface area (Å²) >= 11 is 12.2. The second kappa shape index (κ2) is 6.67. The molecule has 2 aromatic rings. The van der Waals surface area contributed by atoms with Gasteiger partial charge in [0.25, 0.3) is 0 Å². The van der Waals surface area contributed by atoms with Crippen molar-refractivity contribution in [2.75, 3.05) is 11.9 Å². The van der Waals surface area contributed by atoms with Crippen molar-refractivity contribution < 1.29 is 20.1 Å². The molecule has 3 rings (SSSR count). The highest BCUT2D eigenvalue weighted by Crippen LogP contribution is 2.37. The molecule has 2 heterocycles. The number of nitrogens with one attached hydrogen (secondary N) is 1. The maximum absolute atomic E-state index is 10.4. The van der Waals surface area contributed by atoms with Crippen LogP contribution >= 0.6 is 23.2 Å². The number of nitrogens with zero attached hydrogens (tertiary/aromatic N) is 2. The third-order valence-corrected chi connectivity index (χ3v) is 4.64. The molecule has 0 aliphatic carbocycles. The van der Waals surface area contributed by atoms with Crippen LogP contribution in [0, 0.1) is 0 Å². The average Bonchev–Trinajstić information content (AvgIpc) is 2.97. The molecular formula is C15H19Cl2N3O4. The maximum Gasteiger partial charge on any atom is 0.206 e. The van der Waals surface area contributed by atoms with Gasteiger partial charge in [0.05, 0.1) is 27.7 Å². The number of aromatic nitrogens is 2. The van der Waals surface area contributed by atoms with E-state index in [-0.39, 0.29) is 6.04 Å². The second-order valence-corrected chi connectivity index (χ2v) is 6.90. The molecular weight excluding hydrogens is 357 g/mol. The van der Waals surface area contributed by atoms with Gasteiger partial charge < -0.3 is 25.4 Å². The molecule has 0 saturated carbocycles. The van der Waals surface area contributed by atoms with Gasteiger partial charge in [0.1, 0.15) is 18.3 Å². The molecule has 24 heavy (non-hydrogen) atoms. The predicted molar refractivity (Wildman–Crippen MR) is 91.5 cm³/mol. The number of aliphatic hydroxyl groups excluding tert-OH is 3. The largest absolute Gasteiger partial charge is 0.394 e. The third kappa shape index (κ3) is 2.96. The van der Waals surface area contributed by atoms with Crippen LogP contribution in [-0.2, 0) is 4.74 Å². The Hall–Kier alpha value is -1.09. The minimum Gasteiger partial charge on any atom is -0.394 e. The number of hydrogen-bond acceptors (Lipinski definition) is 6. The molecule has 0 bridgehead atoms. The van der Waals surface area contributed by atoms with E-state index in [0.717, 1.165) is 0 Å². The molecule has 1 aromatic heterocycles. The minimum atomic E-state index is -1.22. The van der Waals surface area contributed by atoms with Gasteiger partial charge >= 0.3 is 0 Å². The zero-order valence-electron chi connectivity index (χ0n) is 13.1. The number of ether oxygens (including phenoxy) is 1. The number of aliphatic hydroxyl groups is 3. The Kier molecular flexibility index (Phi) is 4.92. The zero-order valence-corrected chi connectivity index (χ0v) is 14.7. The standard InChI is InChI=1S/C15H19Cl2N3O4/c1-6(2)18-15-19-9-3-7(16)8(17)4-10(9)20(15)14-13(23)12(22)11(5-21)24-14/h3-4,6,11-14,21-23H,5H2,1-2H3,(H,18,19)/t11-,12?,13+,14+/m0/s1. The third-order valence-electron chi connectivity index (χ3n) is 3.92. The quantitative estimate of drug-likeness (QED) is 0.649. The summed E-state index contributed by atoms with van der Waals surface area (Å²) in [5, 5.41) is 33.6. The van der Waals surface area contributed by atoms with Gasteiger partial charge in [-0.25, -0.2) is 4.98 Å². The Morgan fingerprint density at radius 2 is 1.92 bits per heavy atom. The van der Waals surface area contributed by atoms with Crippen molar-refractivity contribution in [2.24, 2.45) is 0 Å². The van der Waals surface area contributed by atoms with Crippen LogP contribution in [0.25, 0.3) is 11.0 Å². The van der Waals surface area contributed by atoms with Gasteiger partial charge in [0, 0.05) is 6.04 Å². The van der Waals surface area contributed by atoms with Crippen LogP contribution in [0.15, 0.2) is 12.1 Å². The van der Waals surface area contributed by atoms with Gasteiger partial charge in [-0.2, -0.15) is 0 Å². The fraction of sp³-hybridized carbons (Fsp3) is 0.533. The monoisotopic (exact) mass is 375 g/mol. The molecule has 1 unspecified atom stereocenters. The molecule has 0 radical (unpaired) electrons. The maximum atomic E-state index is 10.4. The van der Waals surface area contributed by atoms with E-state index < -0.39 is 31.1 Å². The summed E-state index contributed by atoms with van der Waals surface area (Å²) in [6.07, 6.45) is -4.22. The molecule has 4 atom stereocenters. The summed E-state index contributed by atoms with van der Waals surface area (Å²) < 4.78 is 7.26. The Morgan fingerprint density at radius 3 is 2.50 bits per heavy atom. The summed E-state index contributed by atoms with van der Waals surface area (Å²) in [6.45, 7) is 3.49. The van der Waals surface area contributed by atoms with Crippen LogP contribution in [0.5, 0.6) is 0 Å². The van der Waals surface area contributed by atoms with E-state index in [9.17, 15) is 15.3 Å². The van der Waals surface area contributed by atoms with Crippen molar-refractivity contribution in [3.05, 3.63) is 22.2 Å². The molecule has 1 aliphatic heterocycles. The molecule has 0 spiro atoms. The molecule has 9 heteroatoms. The zero-order chi connectivity index (χ0) is 17.6. The first-order chi connectivity index (χ1) is 11.3. The van der Waals surface area contributed by atoms with Gasteiger partial charge in [-0.05, 0) is 26.0 Å². The molecule has 132 valence electrons. The smallest absolute Gasteiger partial charge is 0.206 e. The van der Waals surface area contributed by atoms with Crippen molar-refractivity contribution in [1.82, 2.24) is 9.55 Å². The van der Waals surface area contributed by atoms with Crippen molar-refractivity contribution in [1.29, 1.82) is 0 Å². The van der Waals surface area contributed by atoms with Crippen molar-refractivity contribution in [3.8, 4) is 0 Å². The van der Waals surface area contributed by atoms with Gasteiger partial charge in [0.2, 0.25) is 5.95 Å². The lowest BCUT2D eigenvalue weighted by Crippen LogP contribution is -2.33. The fourth-order valence-electron chi connectivity index (χ4n) is 2.80. The molecule has 1 aliphatic rings. The fourth-order valence-corrected chi connectivity index (χ4v) is 3.12. The Balaban J connectivity index is 2.15. The van der Waals surface area contributed by atoms with Crippen LogP contribution in [0.1, 0.15) is 20.1 Å². The number of rotatable bonds is 4. The first-order valence-corrected chi connectivity index (χ1v) is 8.35. The molecule has 4 N–H and O–H groups in total. The van der Waals surface area contributed by atoms with Gasteiger partial charge in [-0.1, -0.05) is 23.2 Å². The van der Waals surface area contributed by atoms with Crippen LogP contribution in [0.4, 0.5) is 5.95 Å². The lowest BCUT2D eigenvalue weighted by Gasteiger charge is -2.21. The number of benzene rings is 1. The first-order valence-electron chi connectivity index (χ1n) is 7.59. The molecule has 1 aromatic carbocycles. The van der Waals surface area contributed by atoms with E-state index in [4.69, 9.17) is 27.9 Å². The predicted octanol–water partition coefficient (Wildman–Crippen LogP) is 1.77. The van der Waals surface area contributed by atoms with Gasteiger partial charge in [0.15, 0.2) is 6.23 Å². The van der Waals surface area contributed by atoms with Crippen molar-refractivity contribution >= 4 is 40.2 Å². The summed E-state index contributed by atoms with van der Waals surface area (Å²) in [6, 6.07) is 3.33. The van der Waals surface area contributed by atoms with Crippen LogP contribution in [0.3, 0.4) is 0 Å². The van der Waals surface area contributed by atoms with Crippen molar-refractivity contribution in [2.45, 2.75) is 44.4 Å². The number of imidazole rings is 1. The van der Waals surface area contributed by atoms with Crippen molar-refractivity contribution in [3.63, 3.8) is 0 Å². The minimum absolute atomic E-state index is 0.0728. The highest BCUT2D eigenvalue weighted by Gasteiger charge is 2.44. The van der Waals surface area contributed by atoms with E-state index in [1.54, 1.807) is 16.7 Å². The SMILES string of the molecule is CC(C)Nc1nc2cc(Cl)c(Cl)cc2n1[C@@H]1O[C@@H](CO)C(O)[C@H]1O. The Labute approximate surface area is 148 Å². The summed E-state index contributed by atoms with van der Waals surface area (Å²) in [4.78, 5) is 4.48. The number of anilines is 1. The van der Waals surface area contributed by atoms with E-state index in [1.807, 2.05) is 13.8 Å². The van der Waals surface area contributed by atoms with E-state index >= 15 is 0 Å². The number of fused-ring (bicyclic) bond motifs is 1. The van der Waals surface area contributed by atoms with Gasteiger partial charge in [-0.3, -0.25) is 4.57 Å². The second-order valence-electron chi connectivity index (χ2n) is 6.09.